The Morgan fingerprint density at radius 3 is 2.30 bits per heavy atom. The van der Waals surface area contributed by atoms with Gasteiger partial charge in [-0.15, -0.1) is 0 Å². The minimum atomic E-state index is -0.407. The molecule has 3 heteroatoms. The van der Waals surface area contributed by atoms with E-state index in [1.165, 1.54) is 6.08 Å². The monoisotopic (exact) mass is 286 g/mol. The molecule has 2 nitrogen and oxygen atoms in total. The SMILES string of the molecule is Cc1cc(OC(=O)/C=C/c2ccccc2)cc(C)c1Cl. The summed E-state index contributed by atoms with van der Waals surface area (Å²) in [6.07, 6.45) is 3.13. The maximum Gasteiger partial charge on any atom is 0.336 e. The van der Waals surface area contributed by atoms with Crippen molar-refractivity contribution in [2.24, 2.45) is 0 Å². The number of hydrogen-bond donors (Lipinski definition) is 0. The van der Waals surface area contributed by atoms with Gasteiger partial charge in [0, 0.05) is 11.1 Å². The van der Waals surface area contributed by atoms with Gasteiger partial charge in [-0.2, -0.15) is 0 Å². The molecule has 0 heterocycles. The molecule has 0 amide bonds. The van der Waals surface area contributed by atoms with Gasteiger partial charge in [-0.3, -0.25) is 0 Å². The van der Waals surface area contributed by atoms with Crippen molar-refractivity contribution in [3.05, 3.63) is 70.3 Å². The van der Waals surface area contributed by atoms with Gasteiger partial charge in [0.05, 0.1) is 0 Å². The van der Waals surface area contributed by atoms with E-state index in [0.29, 0.717) is 10.8 Å². The number of aryl methyl sites for hydroxylation is 2. The fourth-order valence-electron chi connectivity index (χ4n) is 1.84. The molecule has 2 rings (SSSR count). The van der Waals surface area contributed by atoms with Gasteiger partial charge in [0.2, 0.25) is 0 Å². The Bertz CT molecular complexity index is 622. The highest BCUT2D eigenvalue weighted by molar-refractivity contribution is 6.32. The Balaban J connectivity index is 2.07. The standard InChI is InChI=1S/C17H15ClO2/c1-12-10-15(11-13(2)17(12)18)20-16(19)9-8-14-6-4-3-5-7-14/h3-11H,1-2H3/b9-8+. The van der Waals surface area contributed by atoms with Crippen LogP contribution in [0.5, 0.6) is 5.75 Å². The van der Waals surface area contributed by atoms with Crippen LogP contribution >= 0.6 is 11.6 Å². The molecule has 0 saturated heterocycles. The van der Waals surface area contributed by atoms with Gasteiger partial charge >= 0.3 is 5.97 Å². The summed E-state index contributed by atoms with van der Waals surface area (Å²) in [6, 6.07) is 13.1. The summed E-state index contributed by atoms with van der Waals surface area (Å²) in [5, 5.41) is 0.699. The Labute approximate surface area is 123 Å². The van der Waals surface area contributed by atoms with Crippen LogP contribution in [-0.2, 0) is 4.79 Å². The van der Waals surface area contributed by atoms with Gasteiger partial charge in [0.1, 0.15) is 5.75 Å². The van der Waals surface area contributed by atoms with Crippen molar-refractivity contribution in [2.75, 3.05) is 0 Å². The van der Waals surface area contributed by atoms with E-state index < -0.39 is 5.97 Å². The van der Waals surface area contributed by atoms with Gasteiger partial charge in [0.15, 0.2) is 0 Å². The third-order valence-corrected chi connectivity index (χ3v) is 3.44. The lowest BCUT2D eigenvalue weighted by Crippen LogP contribution is -2.04. The fraction of sp³-hybridized carbons (Fsp3) is 0.118. The van der Waals surface area contributed by atoms with E-state index in [2.05, 4.69) is 0 Å². The van der Waals surface area contributed by atoms with Crippen molar-refractivity contribution in [3.63, 3.8) is 0 Å². The molecule has 0 spiro atoms. The quantitative estimate of drug-likeness (QED) is 0.469. The molecule has 2 aromatic rings. The maximum absolute atomic E-state index is 11.8. The van der Waals surface area contributed by atoms with Gasteiger partial charge in [-0.1, -0.05) is 41.9 Å². The van der Waals surface area contributed by atoms with E-state index in [1.807, 2.05) is 44.2 Å². The lowest BCUT2D eigenvalue weighted by Gasteiger charge is -2.07. The molecule has 0 atom stereocenters. The van der Waals surface area contributed by atoms with Crippen LogP contribution in [0.25, 0.3) is 6.08 Å². The normalized spacial score (nSPS) is 10.8. The molecule has 0 fully saturated rings. The number of carbonyl (C=O) groups excluding carboxylic acids is 1. The summed E-state index contributed by atoms with van der Waals surface area (Å²) in [5.74, 6) is 0.0992. The molecular formula is C17H15ClO2. The first-order valence-electron chi connectivity index (χ1n) is 6.28. The number of ether oxygens (including phenoxy) is 1. The minimum absolute atomic E-state index is 0.407. The van der Waals surface area contributed by atoms with Crippen LogP contribution in [-0.4, -0.2) is 5.97 Å². The lowest BCUT2D eigenvalue weighted by molar-refractivity contribution is -0.128. The summed E-state index contributed by atoms with van der Waals surface area (Å²) >= 11 is 6.07. The number of benzene rings is 2. The second-order valence-corrected chi connectivity index (χ2v) is 4.91. The molecular weight excluding hydrogens is 272 g/mol. The summed E-state index contributed by atoms with van der Waals surface area (Å²) in [7, 11) is 0. The number of carbonyl (C=O) groups is 1. The summed E-state index contributed by atoms with van der Waals surface area (Å²) in [5.41, 5.74) is 2.73. The molecule has 102 valence electrons. The summed E-state index contributed by atoms with van der Waals surface area (Å²) in [4.78, 5) is 11.8. The molecule has 0 bridgehead atoms. The van der Waals surface area contributed by atoms with Crippen molar-refractivity contribution in [3.8, 4) is 5.75 Å². The first kappa shape index (κ1) is 14.4. The third-order valence-electron chi connectivity index (χ3n) is 2.84. The van der Waals surface area contributed by atoms with E-state index in [4.69, 9.17) is 16.3 Å². The van der Waals surface area contributed by atoms with Crippen molar-refractivity contribution in [2.45, 2.75) is 13.8 Å². The zero-order chi connectivity index (χ0) is 14.5. The van der Waals surface area contributed by atoms with E-state index in [0.717, 1.165) is 16.7 Å². The molecule has 0 aromatic heterocycles. The molecule has 20 heavy (non-hydrogen) atoms. The van der Waals surface area contributed by atoms with Gasteiger partial charge < -0.3 is 4.74 Å². The molecule has 0 aliphatic rings. The van der Waals surface area contributed by atoms with Crippen molar-refractivity contribution in [1.29, 1.82) is 0 Å². The predicted octanol–water partition coefficient (Wildman–Crippen LogP) is 4.58. The molecule has 0 aliphatic heterocycles. The van der Waals surface area contributed by atoms with E-state index in [1.54, 1.807) is 18.2 Å². The highest BCUT2D eigenvalue weighted by Gasteiger charge is 2.06. The van der Waals surface area contributed by atoms with Crippen LogP contribution in [0.3, 0.4) is 0 Å². The molecule has 0 N–H and O–H groups in total. The summed E-state index contributed by atoms with van der Waals surface area (Å²) < 4.78 is 5.27. The Kier molecular flexibility index (Phi) is 4.59. The van der Waals surface area contributed by atoms with Gasteiger partial charge in [0.25, 0.3) is 0 Å². The van der Waals surface area contributed by atoms with E-state index in [9.17, 15) is 4.79 Å². The molecule has 0 radical (unpaired) electrons. The topological polar surface area (TPSA) is 26.3 Å². The Morgan fingerprint density at radius 2 is 1.70 bits per heavy atom. The largest absolute Gasteiger partial charge is 0.423 e. The molecule has 2 aromatic carbocycles. The fourth-order valence-corrected chi connectivity index (χ4v) is 1.95. The van der Waals surface area contributed by atoms with E-state index >= 15 is 0 Å². The minimum Gasteiger partial charge on any atom is -0.423 e. The second-order valence-electron chi connectivity index (χ2n) is 4.54. The highest BCUT2D eigenvalue weighted by atomic mass is 35.5. The number of halogens is 1. The van der Waals surface area contributed by atoms with Crippen molar-refractivity contribution < 1.29 is 9.53 Å². The zero-order valence-electron chi connectivity index (χ0n) is 11.4. The number of esters is 1. The first-order chi connectivity index (χ1) is 9.56. The lowest BCUT2D eigenvalue weighted by atomic mass is 10.1. The summed E-state index contributed by atoms with van der Waals surface area (Å²) in [6.45, 7) is 3.76. The Morgan fingerprint density at radius 1 is 1.10 bits per heavy atom. The van der Waals surface area contributed by atoms with Crippen LogP contribution < -0.4 is 4.74 Å². The number of hydrogen-bond acceptors (Lipinski definition) is 2. The molecule has 0 saturated carbocycles. The molecule has 0 aliphatic carbocycles. The molecule has 0 unspecified atom stereocenters. The highest BCUT2D eigenvalue weighted by Crippen LogP contribution is 2.25. The third kappa shape index (κ3) is 3.72. The van der Waals surface area contributed by atoms with Crippen molar-refractivity contribution >= 4 is 23.6 Å². The smallest absolute Gasteiger partial charge is 0.336 e. The van der Waals surface area contributed by atoms with E-state index in [-0.39, 0.29) is 0 Å². The first-order valence-corrected chi connectivity index (χ1v) is 6.66. The van der Waals surface area contributed by atoms with Gasteiger partial charge in [-0.05, 0) is 48.7 Å². The van der Waals surface area contributed by atoms with Gasteiger partial charge in [-0.25, -0.2) is 4.79 Å². The van der Waals surface area contributed by atoms with Crippen LogP contribution in [0, 0.1) is 13.8 Å². The van der Waals surface area contributed by atoms with Crippen LogP contribution in [0.4, 0.5) is 0 Å². The van der Waals surface area contributed by atoms with Crippen molar-refractivity contribution in [1.82, 2.24) is 0 Å². The zero-order valence-corrected chi connectivity index (χ0v) is 12.1. The average Bonchev–Trinajstić information content (AvgIpc) is 2.43. The predicted molar refractivity (Wildman–Crippen MR) is 82.0 cm³/mol. The second kappa shape index (κ2) is 6.40. The van der Waals surface area contributed by atoms with Crippen LogP contribution in [0.2, 0.25) is 5.02 Å². The average molecular weight is 287 g/mol. The van der Waals surface area contributed by atoms with Crippen LogP contribution in [0.15, 0.2) is 48.5 Å². The van der Waals surface area contributed by atoms with Crippen LogP contribution in [0.1, 0.15) is 16.7 Å². The maximum atomic E-state index is 11.8. The Hall–Kier alpha value is -2.06. The number of rotatable bonds is 3.